The average Bonchev–Trinajstić information content (AvgIpc) is 2.86. The van der Waals surface area contributed by atoms with Gasteiger partial charge in [0.15, 0.2) is 5.65 Å². The summed E-state index contributed by atoms with van der Waals surface area (Å²) in [7, 11) is 0. The van der Waals surface area contributed by atoms with Crippen molar-refractivity contribution >= 4 is 34.8 Å². The van der Waals surface area contributed by atoms with E-state index in [4.69, 9.17) is 27.9 Å². The van der Waals surface area contributed by atoms with E-state index in [0.29, 0.717) is 32.6 Å². The number of carbonyl (C=O) groups excluding carboxylic acids is 1. The van der Waals surface area contributed by atoms with Crippen molar-refractivity contribution in [2.75, 3.05) is 6.61 Å². The Morgan fingerprint density at radius 3 is 2.70 bits per heavy atom. The van der Waals surface area contributed by atoms with Crippen molar-refractivity contribution < 1.29 is 9.53 Å². The summed E-state index contributed by atoms with van der Waals surface area (Å²) < 4.78 is 6.48. The molecule has 0 bridgehead atoms. The number of nitrogens with zero attached hydrogens (tertiary/aromatic N) is 3. The van der Waals surface area contributed by atoms with Crippen molar-refractivity contribution in [1.82, 2.24) is 14.6 Å². The maximum absolute atomic E-state index is 12.1. The molecule has 3 rings (SSSR count). The molecule has 1 aromatic carbocycles. The minimum absolute atomic E-state index is 0.279. The number of carbonyl (C=O) groups is 1. The number of hydrogen-bond acceptors (Lipinski definition) is 4. The Hall–Kier alpha value is -2.11. The molecule has 0 saturated heterocycles. The van der Waals surface area contributed by atoms with Crippen LogP contribution in [0.1, 0.15) is 23.0 Å². The number of halogens is 2. The second kappa shape index (κ2) is 6.18. The Labute approximate surface area is 142 Å². The highest BCUT2D eigenvalue weighted by Gasteiger charge is 2.22. The van der Waals surface area contributed by atoms with E-state index >= 15 is 0 Å². The van der Waals surface area contributed by atoms with Crippen molar-refractivity contribution in [3.63, 3.8) is 0 Å². The van der Waals surface area contributed by atoms with Gasteiger partial charge in [-0.1, -0.05) is 41.4 Å². The van der Waals surface area contributed by atoms with E-state index in [-0.39, 0.29) is 6.61 Å². The third kappa shape index (κ3) is 2.66. The van der Waals surface area contributed by atoms with Crippen LogP contribution in [-0.4, -0.2) is 27.2 Å². The van der Waals surface area contributed by atoms with E-state index in [0.717, 1.165) is 5.56 Å². The fourth-order valence-electron chi connectivity index (χ4n) is 2.37. The van der Waals surface area contributed by atoms with Crippen LogP contribution < -0.4 is 0 Å². The molecule has 0 saturated carbocycles. The van der Waals surface area contributed by atoms with Crippen molar-refractivity contribution in [3.8, 4) is 11.1 Å². The Morgan fingerprint density at radius 2 is 2.00 bits per heavy atom. The first-order valence-corrected chi connectivity index (χ1v) is 7.76. The van der Waals surface area contributed by atoms with Crippen molar-refractivity contribution in [2.45, 2.75) is 13.8 Å². The Bertz CT molecular complexity index is 906. The van der Waals surface area contributed by atoms with Gasteiger partial charge in [-0.3, -0.25) is 0 Å². The number of aromatic nitrogens is 3. The molecule has 0 aliphatic heterocycles. The summed E-state index contributed by atoms with van der Waals surface area (Å²) in [5.74, 6) is -0.464. The fraction of sp³-hybridized carbons (Fsp3) is 0.188. The first-order valence-electron chi connectivity index (χ1n) is 7.00. The van der Waals surface area contributed by atoms with Gasteiger partial charge in [-0.25, -0.2) is 14.3 Å². The summed E-state index contributed by atoms with van der Waals surface area (Å²) in [6.07, 6.45) is 1.59. The summed E-state index contributed by atoms with van der Waals surface area (Å²) in [5, 5.41) is 5.21. The van der Waals surface area contributed by atoms with Gasteiger partial charge in [0.1, 0.15) is 10.7 Å². The highest BCUT2D eigenvalue weighted by molar-refractivity contribution is 6.36. The zero-order valence-electron chi connectivity index (χ0n) is 12.5. The van der Waals surface area contributed by atoms with Crippen LogP contribution in [0.15, 0.2) is 30.5 Å². The molecule has 118 valence electrons. The Kier molecular flexibility index (Phi) is 4.24. The topological polar surface area (TPSA) is 56.5 Å². The fourth-order valence-corrected chi connectivity index (χ4v) is 2.87. The van der Waals surface area contributed by atoms with Crippen molar-refractivity contribution in [1.29, 1.82) is 0 Å². The first kappa shape index (κ1) is 15.8. The predicted molar refractivity (Wildman–Crippen MR) is 89.1 cm³/mol. The lowest BCUT2D eigenvalue weighted by molar-refractivity contribution is 0.0527. The zero-order chi connectivity index (χ0) is 16.6. The summed E-state index contributed by atoms with van der Waals surface area (Å²) >= 11 is 12.7. The summed E-state index contributed by atoms with van der Waals surface area (Å²) in [5.41, 5.74) is 2.58. The molecular weight excluding hydrogens is 337 g/mol. The van der Waals surface area contributed by atoms with E-state index in [2.05, 4.69) is 10.1 Å². The number of benzene rings is 1. The van der Waals surface area contributed by atoms with Crippen LogP contribution in [0.3, 0.4) is 0 Å². The van der Waals surface area contributed by atoms with Gasteiger partial charge in [-0.05, 0) is 19.9 Å². The van der Waals surface area contributed by atoms with Gasteiger partial charge in [0, 0.05) is 22.3 Å². The van der Waals surface area contributed by atoms with Crippen LogP contribution in [0.2, 0.25) is 10.2 Å². The van der Waals surface area contributed by atoms with Crippen LogP contribution >= 0.6 is 23.2 Å². The molecule has 23 heavy (non-hydrogen) atoms. The van der Waals surface area contributed by atoms with Crippen LogP contribution in [0.25, 0.3) is 16.8 Å². The predicted octanol–water partition coefficient (Wildman–Crippen LogP) is 4.19. The van der Waals surface area contributed by atoms with Crippen LogP contribution in [0.4, 0.5) is 0 Å². The molecule has 0 radical (unpaired) electrons. The highest BCUT2D eigenvalue weighted by Crippen LogP contribution is 2.33. The van der Waals surface area contributed by atoms with Gasteiger partial charge in [0.2, 0.25) is 0 Å². The third-order valence-corrected chi connectivity index (χ3v) is 4.10. The second-order valence-corrected chi connectivity index (χ2v) is 5.62. The van der Waals surface area contributed by atoms with Crippen molar-refractivity contribution in [3.05, 3.63) is 51.9 Å². The molecule has 0 N–H and O–H groups in total. The number of esters is 1. The lowest BCUT2D eigenvalue weighted by atomic mass is 10.1. The minimum atomic E-state index is -0.464. The second-order valence-electron chi connectivity index (χ2n) is 4.86. The van der Waals surface area contributed by atoms with Gasteiger partial charge < -0.3 is 4.74 Å². The van der Waals surface area contributed by atoms with Gasteiger partial charge in [-0.2, -0.15) is 5.10 Å². The molecule has 0 aliphatic carbocycles. The average molecular weight is 350 g/mol. The lowest BCUT2D eigenvalue weighted by Gasteiger charge is -2.07. The number of rotatable bonds is 3. The van der Waals surface area contributed by atoms with E-state index in [1.165, 1.54) is 4.52 Å². The molecule has 0 spiro atoms. The first-order chi connectivity index (χ1) is 11.0. The molecule has 2 heterocycles. The normalized spacial score (nSPS) is 11.0. The summed E-state index contributed by atoms with van der Waals surface area (Å²) in [6.45, 7) is 3.74. The number of ether oxygens (including phenoxy) is 1. The molecule has 3 aromatic rings. The summed E-state index contributed by atoms with van der Waals surface area (Å²) in [4.78, 5) is 16.4. The minimum Gasteiger partial charge on any atom is -0.462 e. The Balaban J connectivity index is 2.22. The van der Waals surface area contributed by atoms with Gasteiger partial charge in [0.05, 0.1) is 12.3 Å². The third-order valence-electron chi connectivity index (χ3n) is 3.40. The number of hydrogen-bond donors (Lipinski definition) is 0. The van der Waals surface area contributed by atoms with E-state index in [1.54, 1.807) is 26.1 Å². The van der Waals surface area contributed by atoms with E-state index in [9.17, 15) is 4.79 Å². The number of fused-ring (bicyclic) bond motifs is 1. The van der Waals surface area contributed by atoms with Crippen LogP contribution in [0, 0.1) is 6.92 Å². The maximum Gasteiger partial charge on any atom is 0.343 e. The van der Waals surface area contributed by atoms with Gasteiger partial charge in [-0.15, -0.1) is 0 Å². The molecule has 0 unspecified atom stereocenters. The molecule has 0 atom stereocenters. The molecule has 0 aliphatic rings. The quantitative estimate of drug-likeness (QED) is 0.525. The van der Waals surface area contributed by atoms with Gasteiger partial charge in [0.25, 0.3) is 0 Å². The maximum atomic E-state index is 12.1. The summed E-state index contributed by atoms with van der Waals surface area (Å²) in [6, 6.07) is 7.32. The van der Waals surface area contributed by atoms with Crippen molar-refractivity contribution in [2.24, 2.45) is 0 Å². The molecule has 0 amide bonds. The van der Waals surface area contributed by atoms with E-state index < -0.39 is 5.97 Å². The Morgan fingerprint density at radius 1 is 1.26 bits per heavy atom. The highest BCUT2D eigenvalue weighted by atomic mass is 35.5. The smallest absolute Gasteiger partial charge is 0.343 e. The molecule has 7 heteroatoms. The monoisotopic (exact) mass is 349 g/mol. The zero-order valence-corrected chi connectivity index (χ0v) is 14.0. The van der Waals surface area contributed by atoms with Crippen LogP contribution in [0.5, 0.6) is 0 Å². The molecule has 5 nitrogen and oxygen atoms in total. The molecular formula is C16H13Cl2N3O2. The largest absolute Gasteiger partial charge is 0.462 e. The standard InChI is InChI=1S/C16H13Cl2N3O2/c1-3-23-16(22)13-9(2)20-21-14(18)11(8-19-15(13)21)10-6-4-5-7-12(10)17/h4-8H,3H2,1-2H3. The lowest BCUT2D eigenvalue weighted by Crippen LogP contribution is -2.06. The van der Waals surface area contributed by atoms with Crippen LogP contribution in [-0.2, 0) is 4.74 Å². The molecule has 0 fully saturated rings. The SMILES string of the molecule is CCOC(=O)c1c(C)nn2c(Cl)c(-c3ccccc3Cl)cnc12. The number of aryl methyl sites for hydroxylation is 1. The van der Waals surface area contributed by atoms with Gasteiger partial charge >= 0.3 is 5.97 Å². The van der Waals surface area contributed by atoms with E-state index in [1.807, 2.05) is 18.2 Å². The molecule has 2 aromatic heterocycles.